The van der Waals surface area contributed by atoms with E-state index in [4.69, 9.17) is 14.2 Å². The first-order chi connectivity index (χ1) is 6.11. The maximum absolute atomic E-state index is 5.59. The van der Waals surface area contributed by atoms with Gasteiger partial charge in [-0.25, -0.2) is 0 Å². The van der Waals surface area contributed by atoms with Crippen LogP contribution in [0.2, 0.25) is 0 Å². The minimum absolute atomic E-state index is 0.0544. The van der Waals surface area contributed by atoms with Crippen LogP contribution >= 0.6 is 0 Å². The predicted octanol–water partition coefficient (Wildman–Crippen LogP) is 1.95. The largest absolute Gasteiger partial charge is 0.462 e. The standard InChI is InChI=1S/C10H14O3/c1-4-5-7-6-8-9(11-7)13-10(2,3)12-8/h4-6,8-9H,1-3H3/b5-4+/t8-,9-/m1/s1. The van der Waals surface area contributed by atoms with Gasteiger partial charge in [0.25, 0.3) is 0 Å². The predicted molar refractivity (Wildman–Crippen MR) is 47.8 cm³/mol. The number of allylic oxidation sites excluding steroid dienone is 2. The molecule has 1 fully saturated rings. The fraction of sp³-hybridized carbons (Fsp3) is 0.600. The lowest BCUT2D eigenvalue weighted by atomic mass is 10.3. The minimum atomic E-state index is -0.521. The van der Waals surface area contributed by atoms with Gasteiger partial charge >= 0.3 is 0 Å². The van der Waals surface area contributed by atoms with Crippen LogP contribution in [0.1, 0.15) is 20.8 Å². The number of hydrogen-bond acceptors (Lipinski definition) is 3. The van der Waals surface area contributed by atoms with Crippen LogP contribution in [-0.4, -0.2) is 18.2 Å². The molecular formula is C10H14O3. The Hall–Kier alpha value is -0.800. The van der Waals surface area contributed by atoms with Crippen molar-refractivity contribution in [1.82, 2.24) is 0 Å². The van der Waals surface area contributed by atoms with Crippen molar-refractivity contribution in [2.45, 2.75) is 39.0 Å². The zero-order valence-electron chi connectivity index (χ0n) is 8.11. The molecule has 2 rings (SSSR count). The van der Waals surface area contributed by atoms with Crippen LogP contribution < -0.4 is 0 Å². The summed E-state index contributed by atoms with van der Waals surface area (Å²) in [6, 6.07) is 0. The molecule has 0 amide bonds. The second-order valence-electron chi connectivity index (χ2n) is 3.66. The highest BCUT2D eigenvalue weighted by Gasteiger charge is 2.45. The molecule has 0 unspecified atom stereocenters. The van der Waals surface area contributed by atoms with Crippen LogP contribution in [-0.2, 0) is 14.2 Å². The Kier molecular flexibility index (Phi) is 1.93. The first kappa shape index (κ1) is 8.78. The average Bonchev–Trinajstić information content (AvgIpc) is 2.41. The summed E-state index contributed by atoms with van der Waals surface area (Å²) < 4.78 is 16.6. The molecule has 0 aromatic rings. The number of ether oxygens (including phenoxy) is 3. The van der Waals surface area contributed by atoms with E-state index in [1.54, 1.807) is 0 Å². The van der Waals surface area contributed by atoms with Crippen molar-refractivity contribution in [3.63, 3.8) is 0 Å². The Morgan fingerprint density at radius 3 is 2.77 bits per heavy atom. The lowest BCUT2D eigenvalue weighted by molar-refractivity contribution is -0.180. The molecule has 0 aliphatic carbocycles. The topological polar surface area (TPSA) is 27.7 Å². The van der Waals surface area contributed by atoms with Crippen LogP contribution in [0, 0.1) is 0 Å². The summed E-state index contributed by atoms with van der Waals surface area (Å²) in [6.07, 6.45) is 5.46. The molecule has 13 heavy (non-hydrogen) atoms. The fourth-order valence-electron chi connectivity index (χ4n) is 1.56. The van der Waals surface area contributed by atoms with Crippen molar-refractivity contribution in [2.24, 2.45) is 0 Å². The van der Waals surface area contributed by atoms with E-state index in [1.807, 2.05) is 39.0 Å². The molecule has 1 saturated heterocycles. The summed E-state index contributed by atoms with van der Waals surface area (Å²) in [5.74, 6) is 0.306. The van der Waals surface area contributed by atoms with Gasteiger partial charge < -0.3 is 14.2 Å². The molecule has 2 atom stereocenters. The van der Waals surface area contributed by atoms with Gasteiger partial charge in [-0.1, -0.05) is 6.08 Å². The molecule has 2 aliphatic heterocycles. The molecule has 3 heteroatoms. The van der Waals surface area contributed by atoms with E-state index in [2.05, 4.69) is 0 Å². The summed E-state index contributed by atoms with van der Waals surface area (Å²) in [7, 11) is 0. The number of fused-ring (bicyclic) bond motifs is 1. The van der Waals surface area contributed by atoms with Crippen molar-refractivity contribution in [2.75, 3.05) is 0 Å². The molecule has 3 nitrogen and oxygen atoms in total. The van der Waals surface area contributed by atoms with Gasteiger partial charge in [0, 0.05) is 0 Å². The van der Waals surface area contributed by atoms with Gasteiger partial charge in [0.2, 0.25) is 6.29 Å². The Morgan fingerprint density at radius 1 is 1.38 bits per heavy atom. The first-order valence-electron chi connectivity index (χ1n) is 4.47. The van der Waals surface area contributed by atoms with Gasteiger partial charge in [0.1, 0.15) is 11.9 Å². The van der Waals surface area contributed by atoms with Crippen LogP contribution in [0.4, 0.5) is 0 Å². The maximum Gasteiger partial charge on any atom is 0.232 e. The molecule has 2 heterocycles. The van der Waals surface area contributed by atoms with Gasteiger partial charge in [0.15, 0.2) is 5.79 Å². The molecule has 72 valence electrons. The third-order valence-corrected chi connectivity index (χ3v) is 2.00. The molecule has 0 saturated carbocycles. The van der Waals surface area contributed by atoms with E-state index in [0.29, 0.717) is 0 Å². The summed E-state index contributed by atoms with van der Waals surface area (Å²) in [5, 5.41) is 0. The summed E-state index contributed by atoms with van der Waals surface area (Å²) in [4.78, 5) is 0. The van der Waals surface area contributed by atoms with Crippen molar-refractivity contribution < 1.29 is 14.2 Å². The lowest BCUT2D eigenvalue weighted by Crippen LogP contribution is -2.22. The van der Waals surface area contributed by atoms with Gasteiger partial charge in [0.05, 0.1) is 0 Å². The number of hydrogen-bond donors (Lipinski definition) is 0. The molecule has 0 radical (unpaired) electrons. The van der Waals surface area contributed by atoms with Crippen molar-refractivity contribution >= 4 is 0 Å². The van der Waals surface area contributed by atoms with Gasteiger partial charge in [-0.15, -0.1) is 0 Å². The molecule has 2 aliphatic rings. The second kappa shape index (κ2) is 2.86. The molecular weight excluding hydrogens is 168 g/mol. The van der Waals surface area contributed by atoms with Gasteiger partial charge in [-0.05, 0) is 32.9 Å². The first-order valence-corrected chi connectivity index (χ1v) is 4.47. The third kappa shape index (κ3) is 1.62. The molecule has 0 N–H and O–H groups in total. The lowest BCUT2D eigenvalue weighted by Gasteiger charge is -2.17. The van der Waals surface area contributed by atoms with E-state index in [9.17, 15) is 0 Å². The Balaban J connectivity index is 2.08. The normalized spacial score (nSPS) is 36.1. The smallest absolute Gasteiger partial charge is 0.232 e. The van der Waals surface area contributed by atoms with Crippen molar-refractivity contribution in [3.05, 3.63) is 24.0 Å². The van der Waals surface area contributed by atoms with E-state index in [0.717, 1.165) is 5.76 Å². The van der Waals surface area contributed by atoms with Crippen LogP contribution in [0.3, 0.4) is 0 Å². The average molecular weight is 182 g/mol. The highest BCUT2D eigenvalue weighted by molar-refractivity contribution is 5.19. The maximum atomic E-state index is 5.59. The second-order valence-corrected chi connectivity index (χ2v) is 3.66. The fourth-order valence-corrected chi connectivity index (χ4v) is 1.56. The van der Waals surface area contributed by atoms with E-state index in [1.165, 1.54) is 0 Å². The van der Waals surface area contributed by atoms with Crippen molar-refractivity contribution in [3.8, 4) is 0 Å². The van der Waals surface area contributed by atoms with Crippen LogP contribution in [0.15, 0.2) is 24.0 Å². The summed E-state index contributed by atoms with van der Waals surface area (Å²) >= 11 is 0. The van der Waals surface area contributed by atoms with Crippen LogP contribution in [0.25, 0.3) is 0 Å². The Labute approximate surface area is 78.0 Å². The highest BCUT2D eigenvalue weighted by Crippen LogP contribution is 2.35. The summed E-state index contributed by atoms with van der Waals surface area (Å²) in [5.41, 5.74) is 0. The summed E-state index contributed by atoms with van der Waals surface area (Å²) in [6.45, 7) is 5.72. The van der Waals surface area contributed by atoms with Gasteiger partial charge in [-0.3, -0.25) is 0 Å². The van der Waals surface area contributed by atoms with Crippen LogP contribution in [0.5, 0.6) is 0 Å². The van der Waals surface area contributed by atoms with E-state index < -0.39 is 5.79 Å². The number of rotatable bonds is 1. The quantitative estimate of drug-likeness (QED) is 0.620. The molecule has 0 aromatic heterocycles. The monoisotopic (exact) mass is 182 g/mol. The molecule has 0 bridgehead atoms. The third-order valence-electron chi connectivity index (χ3n) is 2.00. The minimum Gasteiger partial charge on any atom is -0.462 e. The SMILES string of the molecule is C/C=C/C1=C[C@H]2OC(C)(C)O[C@H]2O1. The Morgan fingerprint density at radius 2 is 2.15 bits per heavy atom. The zero-order chi connectivity index (χ0) is 9.47. The molecule has 0 aromatic carbocycles. The van der Waals surface area contributed by atoms with E-state index >= 15 is 0 Å². The highest BCUT2D eigenvalue weighted by atomic mass is 16.8. The zero-order valence-corrected chi connectivity index (χ0v) is 8.11. The van der Waals surface area contributed by atoms with Crippen molar-refractivity contribution in [1.29, 1.82) is 0 Å². The Bertz CT molecular complexity index is 265. The van der Waals surface area contributed by atoms with E-state index in [-0.39, 0.29) is 12.4 Å². The van der Waals surface area contributed by atoms with Gasteiger partial charge in [-0.2, -0.15) is 0 Å². The molecule has 0 spiro atoms.